The van der Waals surface area contributed by atoms with Gasteiger partial charge in [-0.1, -0.05) is 15.9 Å². The Morgan fingerprint density at radius 2 is 1.93 bits per heavy atom. The summed E-state index contributed by atoms with van der Waals surface area (Å²) in [7, 11) is 0. The van der Waals surface area contributed by atoms with E-state index >= 15 is 0 Å². The van der Waals surface area contributed by atoms with E-state index in [4.69, 9.17) is 0 Å². The van der Waals surface area contributed by atoms with Crippen LogP contribution in [-0.2, 0) is 4.79 Å². The Balaban J connectivity index is 1.54. The van der Waals surface area contributed by atoms with Gasteiger partial charge in [0.15, 0.2) is 0 Å². The lowest BCUT2D eigenvalue weighted by atomic mass is 10.2. The first-order valence-electron chi connectivity index (χ1n) is 8.43. The van der Waals surface area contributed by atoms with E-state index in [2.05, 4.69) is 31.9 Å². The van der Waals surface area contributed by atoms with Crippen LogP contribution < -0.4 is 20.9 Å². The van der Waals surface area contributed by atoms with E-state index in [1.165, 1.54) is 0 Å². The summed E-state index contributed by atoms with van der Waals surface area (Å²) in [6, 6.07) is 12.1. The fraction of sp³-hybridized carbons (Fsp3) is 0.211. The zero-order valence-electron chi connectivity index (χ0n) is 14.7. The predicted molar refractivity (Wildman–Crippen MR) is 107 cm³/mol. The lowest BCUT2D eigenvalue weighted by molar-refractivity contribution is -0.115. The number of aryl methyl sites for hydroxylation is 1. The predicted octanol–water partition coefficient (Wildman–Crippen LogP) is 2.66. The Bertz CT molecular complexity index is 883. The van der Waals surface area contributed by atoms with E-state index in [-0.39, 0.29) is 24.4 Å². The molecule has 0 aliphatic carbocycles. The number of rotatable bonds is 5. The third-order valence-corrected chi connectivity index (χ3v) is 4.66. The Hall–Kier alpha value is -2.87. The molecule has 0 saturated carbocycles. The van der Waals surface area contributed by atoms with Gasteiger partial charge >= 0.3 is 6.03 Å². The van der Waals surface area contributed by atoms with Crippen molar-refractivity contribution in [1.82, 2.24) is 10.6 Å². The molecule has 1 heterocycles. The van der Waals surface area contributed by atoms with Gasteiger partial charge in [-0.05, 0) is 55.0 Å². The van der Waals surface area contributed by atoms with Gasteiger partial charge in [-0.25, -0.2) is 4.79 Å². The molecule has 27 heavy (non-hydrogen) atoms. The van der Waals surface area contributed by atoms with Crippen LogP contribution in [0.1, 0.15) is 15.9 Å². The van der Waals surface area contributed by atoms with Crippen LogP contribution in [0.2, 0.25) is 0 Å². The summed E-state index contributed by atoms with van der Waals surface area (Å²) in [6.07, 6.45) is 0. The average molecular weight is 431 g/mol. The zero-order valence-corrected chi connectivity index (χ0v) is 16.3. The summed E-state index contributed by atoms with van der Waals surface area (Å²) in [6.45, 7) is 2.96. The molecule has 0 radical (unpaired) electrons. The van der Waals surface area contributed by atoms with Gasteiger partial charge in [0.1, 0.15) is 0 Å². The molecule has 8 heteroatoms. The van der Waals surface area contributed by atoms with Crippen LogP contribution in [0.25, 0.3) is 0 Å². The molecular formula is C19H19BrN4O3. The number of urea groups is 1. The quantitative estimate of drug-likeness (QED) is 0.680. The molecule has 1 saturated heterocycles. The van der Waals surface area contributed by atoms with Crippen LogP contribution in [0.15, 0.2) is 46.9 Å². The molecule has 2 aromatic carbocycles. The summed E-state index contributed by atoms with van der Waals surface area (Å²) >= 11 is 3.37. The van der Waals surface area contributed by atoms with Crippen LogP contribution in [0, 0.1) is 6.92 Å². The Labute approximate surface area is 165 Å². The number of nitrogens with zero attached hydrogens (tertiary/aromatic N) is 1. The van der Waals surface area contributed by atoms with Gasteiger partial charge in [0.2, 0.25) is 5.91 Å². The van der Waals surface area contributed by atoms with Crippen LogP contribution in [0.4, 0.5) is 16.2 Å². The molecule has 0 aromatic heterocycles. The highest BCUT2D eigenvalue weighted by atomic mass is 79.9. The molecule has 7 nitrogen and oxygen atoms in total. The van der Waals surface area contributed by atoms with Crippen LogP contribution in [-0.4, -0.2) is 37.5 Å². The first-order chi connectivity index (χ1) is 12.9. The number of anilines is 2. The number of halogens is 1. The van der Waals surface area contributed by atoms with Gasteiger partial charge in [0.05, 0.1) is 6.54 Å². The highest BCUT2D eigenvalue weighted by Crippen LogP contribution is 2.20. The molecule has 3 N–H and O–H groups in total. The topological polar surface area (TPSA) is 90.5 Å². The van der Waals surface area contributed by atoms with Crippen LogP contribution >= 0.6 is 15.9 Å². The second kappa shape index (κ2) is 8.22. The van der Waals surface area contributed by atoms with Gasteiger partial charge in [-0.2, -0.15) is 0 Å². The number of benzene rings is 2. The lowest BCUT2D eigenvalue weighted by Crippen LogP contribution is -2.33. The largest absolute Gasteiger partial charge is 0.343 e. The number of carbonyl (C=O) groups excluding carboxylic acids is 3. The second-order valence-corrected chi connectivity index (χ2v) is 7.04. The maximum absolute atomic E-state index is 12.2. The third kappa shape index (κ3) is 4.65. The highest BCUT2D eigenvalue weighted by molar-refractivity contribution is 9.10. The fourth-order valence-electron chi connectivity index (χ4n) is 2.74. The molecule has 1 aliphatic heterocycles. The van der Waals surface area contributed by atoms with Gasteiger partial charge in [0, 0.05) is 34.5 Å². The molecule has 0 atom stereocenters. The molecule has 1 aliphatic rings. The molecule has 2 aromatic rings. The summed E-state index contributed by atoms with van der Waals surface area (Å²) < 4.78 is 0.932. The molecule has 4 amide bonds. The van der Waals surface area contributed by atoms with E-state index in [1.807, 2.05) is 19.1 Å². The van der Waals surface area contributed by atoms with E-state index in [1.54, 1.807) is 35.2 Å². The summed E-state index contributed by atoms with van der Waals surface area (Å²) in [5.74, 6) is -0.658. The molecular weight excluding hydrogens is 412 g/mol. The standard InChI is InChI=1S/C19H19BrN4O3/c1-12-10-14(20)4-7-16(12)23-17(25)11-22-18(26)13-2-5-15(6-3-13)24-9-8-21-19(24)27/h2-7,10H,8-9,11H2,1H3,(H,21,27)(H,22,26)(H,23,25). The number of amides is 4. The van der Waals surface area contributed by atoms with Gasteiger partial charge in [-0.3, -0.25) is 14.5 Å². The molecule has 0 bridgehead atoms. The number of hydrogen-bond donors (Lipinski definition) is 3. The van der Waals surface area contributed by atoms with Crippen LogP contribution in [0.5, 0.6) is 0 Å². The summed E-state index contributed by atoms with van der Waals surface area (Å²) in [5.41, 5.74) is 2.77. The van der Waals surface area contributed by atoms with Gasteiger partial charge in [0.25, 0.3) is 5.91 Å². The monoisotopic (exact) mass is 430 g/mol. The molecule has 0 unspecified atom stereocenters. The molecule has 140 valence electrons. The second-order valence-electron chi connectivity index (χ2n) is 6.12. The first-order valence-corrected chi connectivity index (χ1v) is 9.23. The minimum absolute atomic E-state index is 0.134. The lowest BCUT2D eigenvalue weighted by Gasteiger charge is -2.14. The fourth-order valence-corrected chi connectivity index (χ4v) is 3.21. The van der Waals surface area contributed by atoms with Gasteiger partial charge in [-0.15, -0.1) is 0 Å². The van der Waals surface area contributed by atoms with Crippen molar-refractivity contribution in [3.05, 3.63) is 58.1 Å². The number of carbonyl (C=O) groups is 3. The minimum atomic E-state index is -0.352. The van der Waals surface area contributed by atoms with Crippen molar-refractivity contribution in [3.8, 4) is 0 Å². The smallest absolute Gasteiger partial charge is 0.321 e. The van der Waals surface area contributed by atoms with Crippen molar-refractivity contribution in [1.29, 1.82) is 0 Å². The van der Waals surface area contributed by atoms with Crippen molar-refractivity contribution < 1.29 is 14.4 Å². The summed E-state index contributed by atoms with van der Waals surface area (Å²) in [4.78, 5) is 37.5. The normalized spacial score (nSPS) is 13.3. The van der Waals surface area contributed by atoms with E-state index in [9.17, 15) is 14.4 Å². The average Bonchev–Trinajstić information content (AvgIpc) is 3.08. The first kappa shape index (κ1) is 18.9. The number of nitrogens with one attached hydrogen (secondary N) is 3. The SMILES string of the molecule is Cc1cc(Br)ccc1NC(=O)CNC(=O)c1ccc(N2CCNC2=O)cc1. The molecule has 1 fully saturated rings. The number of hydrogen-bond acceptors (Lipinski definition) is 3. The highest BCUT2D eigenvalue weighted by Gasteiger charge is 2.21. The van der Waals surface area contributed by atoms with Crippen molar-refractivity contribution >= 4 is 45.2 Å². The van der Waals surface area contributed by atoms with E-state index < -0.39 is 0 Å². The maximum Gasteiger partial charge on any atom is 0.321 e. The van der Waals surface area contributed by atoms with E-state index in [0.29, 0.717) is 24.3 Å². The Morgan fingerprint density at radius 3 is 2.56 bits per heavy atom. The molecule has 3 rings (SSSR count). The minimum Gasteiger partial charge on any atom is -0.343 e. The Morgan fingerprint density at radius 1 is 1.19 bits per heavy atom. The Kier molecular flexibility index (Phi) is 5.75. The van der Waals surface area contributed by atoms with Gasteiger partial charge < -0.3 is 16.0 Å². The zero-order chi connectivity index (χ0) is 19.4. The summed E-state index contributed by atoms with van der Waals surface area (Å²) in [5, 5.41) is 8.09. The maximum atomic E-state index is 12.2. The van der Waals surface area contributed by atoms with Crippen molar-refractivity contribution in [2.75, 3.05) is 29.9 Å². The third-order valence-electron chi connectivity index (χ3n) is 4.17. The van der Waals surface area contributed by atoms with E-state index in [0.717, 1.165) is 15.7 Å². The molecule has 0 spiro atoms. The van der Waals surface area contributed by atoms with Crippen molar-refractivity contribution in [3.63, 3.8) is 0 Å². The van der Waals surface area contributed by atoms with Crippen molar-refractivity contribution in [2.24, 2.45) is 0 Å². The van der Waals surface area contributed by atoms with Crippen LogP contribution in [0.3, 0.4) is 0 Å². The van der Waals surface area contributed by atoms with Crippen molar-refractivity contribution in [2.45, 2.75) is 6.92 Å².